The van der Waals surface area contributed by atoms with Gasteiger partial charge in [-0.05, 0) is 58.9 Å². The van der Waals surface area contributed by atoms with Crippen molar-refractivity contribution >= 4 is 15.9 Å². The van der Waals surface area contributed by atoms with Crippen LogP contribution in [0, 0.1) is 12.7 Å². The van der Waals surface area contributed by atoms with E-state index in [0.717, 1.165) is 12.0 Å². The van der Waals surface area contributed by atoms with Crippen molar-refractivity contribution in [3.8, 4) is 0 Å². The summed E-state index contributed by atoms with van der Waals surface area (Å²) in [5.74, 6) is 0.183. The van der Waals surface area contributed by atoms with E-state index >= 15 is 0 Å². The first-order chi connectivity index (χ1) is 6.57. The van der Waals surface area contributed by atoms with E-state index in [4.69, 9.17) is 5.73 Å². The van der Waals surface area contributed by atoms with Gasteiger partial charge in [-0.3, -0.25) is 0 Å². The summed E-state index contributed by atoms with van der Waals surface area (Å²) >= 11 is 3.24. The molecule has 3 heteroatoms. The molecule has 1 aromatic rings. The van der Waals surface area contributed by atoms with Crippen molar-refractivity contribution in [3.63, 3.8) is 0 Å². The van der Waals surface area contributed by atoms with Gasteiger partial charge < -0.3 is 5.73 Å². The van der Waals surface area contributed by atoms with Gasteiger partial charge in [0.2, 0.25) is 0 Å². The molecule has 1 nitrogen and oxygen atoms in total. The summed E-state index contributed by atoms with van der Waals surface area (Å²) in [5, 5.41) is 0. The van der Waals surface area contributed by atoms with Crippen LogP contribution in [0.25, 0.3) is 0 Å². The fourth-order valence-electron chi connectivity index (χ4n) is 1.61. The molecule has 0 heterocycles. The molecule has 1 aromatic carbocycles. The van der Waals surface area contributed by atoms with Gasteiger partial charge in [0, 0.05) is 0 Å². The molecule has 0 aliphatic rings. The van der Waals surface area contributed by atoms with Crippen molar-refractivity contribution in [2.24, 2.45) is 5.73 Å². The third kappa shape index (κ3) is 2.34. The van der Waals surface area contributed by atoms with Gasteiger partial charge in [-0.1, -0.05) is 13.0 Å². The maximum absolute atomic E-state index is 13.1. The Hall–Kier alpha value is -0.410. The zero-order chi connectivity index (χ0) is 10.7. The molecule has 1 atom stereocenters. The molecule has 0 spiro atoms. The quantitative estimate of drug-likeness (QED) is 0.886. The molecule has 0 amide bonds. The Morgan fingerprint density at radius 2 is 2.14 bits per heavy atom. The van der Waals surface area contributed by atoms with E-state index in [2.05, 4.69) is 22.9 Å². The highest BCUT2D eigenvalue weighted by atomic mass is 79.9. The molecular formula is C11H15BrFN. The molecule has 0 radical (unpaired) electrons. The van der Waals surface area contributed by atoms with Crippen LogP contribution in [-0.2, 0) is 0 Å². The number of rotatable bonds is 3. The van der Waals surface area contributed by atoms with E-state index in [1.807, 2.05) is 13.0 Å². The van der Waals surface area contributed by atoms with Crippen LogP contribution in [-0.4, -0.2) is 6.54 Å². The van der Waals surface area contributed by atoms with E-state index < -0.39 is 0 Å². The molecule has 0 aromatic heterocycles. The molecular weight excluding hydrogens is 245 g/mol. The van der Waals surface area contributed by atoms with Gasteiger partial charge in [0.15, 0.2) is 0 Å². The lowest BCUT2D eigenvalue weighted by atomic mass is 9.94. The van der Waals surface area contributed by atoms with Gasteiger partial charge in [0.25, 0.3) is 0 Å². The van der Waals surface area contributed by atoms with Crippen molar-refractivity contribution < 1.29 is 4.39 Å². The average molecular weight is 260 g/mol. The molecule has 1 unspecified atom stereocenters. The fourth-order valence-corrected chi connectivity index (χ4v) is 1.97. The number of halogens is 2. The maximum atomic E-state index is 13.1. The summed E-state index contributed by atoms with van der Waals surface area (Å²) in [5.41, 5.74) is 7.65. The third-order valence-corrected chi connectivity index (χ3v) is 3.49. The van der Waals surface area contributed by atoms with Gasteiger partial charge in [0.05, 0.1) is 4.47 Å². The number of nitrogens with two attached hydrogens (primary N) is 1. The second-order valence-electron chi connectivity index (χ2n) is 3.55. The molecule has 1 rings (SSSR count). The summed E-state index contributed by atoms with van der Waals surface area (Å²) in [4.78, 5) is 0. The maximum Gasteiger partial charge on any atom is 0.137 e. The molecule has 14 heavy (non-hydrogen) atoms. The molecule has 0 bridgehead atoms. The number of hydrogen-bond donors (Lipinski definition) is 1. The van der Waals surface area contributed by atoms with Crippen molar-refractivity contribution in [3.05, 3.63) is 33.5 Å². The second kappa shape index (κ2) is 4.89. The lowest BCUT2D eigenvalue weighted by molar-refractivity contribution is 0.614. The van der Waals surface area contributed by atoms with Crippen molar-refractivity contribution in [2.45, 2.75) is 26.2 Å². The smallest absolute Gasteiger partial charge is 0.137 e. The zero-order valence-electron chi connectivity index (χ0n) is 8.48. The minimum absolute atomic E-state index is 0.203. The van der Waals surface area contributed by atoms with Crippen molar-refractivity contribution in [1.82, 2.24) is 0 Å². The highest BCUT2D eigenvalue weighted by molar-refractivity contribution is 9.10. The van der Waals surface area contributed by atoms with E-state index in [9.17, 15) is 4.39 Å². The van der Waals surface area contributed by atoms with Gasteiger partial charge in [-0.15, -0.1) is 0 Å². The predicted octanol–water partition coefficient (Wildman–Crippen LogP) is 3.35. The van der Waals surface area contributed by atoms with E-state index in [1.54, 1.807) is 0 Å². The summed E-state index contributed by atoms with van der Waals surface area (Å²) in [6.07, 6.45) is 0.929. The standard InChI is InChI=1S/C11H15BrFN/c1-7(5-6-14)9-3-4-10(13)11(12)8(9)2/h3-4,7H,5-6,14H2,1-2H3. The van der Waals surface area contributed by atoms with Gasteiger partial charge in [0.1, 0.15) is 5.82 Å². The van der Waals surface area contributed by atoms with Crippen LogP contribution in [0.4, 0.5) is 4.39 Å². The van der Waals surface area contributed by atoms with Gasteiger partial charge in [-0.25, -0.2) is 4.39 Å². The van der Waals surface area contributed by atoms with E-state index in [0.29, 0.717) is 16.9 Å². The second-order valence-corrected chi connectivity index (χ2v) is 4.35. The Labute approximate surface area is 92.6 Å². The monoisotopic (exact) mass is 259 g/mol. The summed E-state index contributed by atoms with van der Waals surface area (Å²) in [6, 6.07) is 3.34. The van der Waals surface area contributed by atoms with Gasteiger partial charge >= 0.3 is 0 Å². The van der Waals surface area contributed by atoms with Crippen LogP contribution >= 0.6 is 15.9 Å². The first kappa shape index (κ1) is 11.7. The molecule has 0 fully saturated rings. The minimum atomic E-state index is -0.203. The number of hydrogen-bond acceptors (Lipinski definition) is 1. The lowest BCUT2D eigenvalue weighted by Gasteiger charge is -2.15. The Morgan fingerprint density at radius 3 is 2.71 bits per heavy atom. The topological polar surface area (TPSA) is 26.0 Å². The Kier molecular flexibility index (Phi) is 4.08. The molecule has 2 N–H and O–H groups in total. The Balaban J connectivity index is 3.04. The van der Waals surface area contributed by atoms with Crippen LogP contribution in [0.2, 0.25) is 0 Å². The Bertz CT molecular complexity index is 325. The zero-order valence-corrected chi connectivity index (χ0v) is 10.1. The SMILES string of the molecule is Cc1c(C(C)CCN)ccc(F)c1Br. The molecule has 0 aliphatic heterocycles. The van der Waals surface area contributed by atoms with Gasteiger partial charge in [-0.2, -0.15) is 0 Å². The first-order valence-corrected chi connectivity index (χ1v) is 5.51. The summed E-state index contributed by atoms with van der Waals surface area (Å²) in [7, 11) is 0. The van der Waals surface area contributed by atoms with Crippen LogP contribution in [0.1, 0.15) is 30.4 Å². The number of benzene rings is 1. The minimum Gasteiger partial charge on any atom is -0.330 e. The molecule has 0 saturated heterocycles. The molecule has 78 valence electrons. The molecule has 0 saturated carbocycles. The van der Waals surface area contributed by atoms with Crippen LogP contribution in [0.5, 0.6) is 0 Å². The van der Waals surface area contributed by atoms with Crippen molar-refractivity contribution in [2.75, 3.05) is 6.54 Å². The first-order valence-electron chi connectivity index (χ1n) is 4.72. The largest absolute Gasteiger partial charge is 0.330 e. The predicted molar refractivity (Wildman–Crippen MR) is 60.9 cm³/mol. The average Bonchev–Trinajstić information content (AvgIpc) is 2.15. The van der Waals surface area contributed by atoms with Crippen LogP contribution in [0.3, 0.4) is 0 Å². The lowest BCUT2D eigenvalue weighted by Crippen LogP contribution is -2.06. The molecule has 0 aliphatic carbocycles. The fraction of sp³-hybridized carbons (Fsp3) is 0.455. The summed E-state index contributed by atoms with van der Waals surface area (Å²) in [6.45, 7) is 4.70. The van der Waals surface area contributed by atoms with Crippen molar-refractivity contribution in [1.29, 1.82) is 0 Å². The normalized spacial score (nSPS) is 12.9. The third-order valence-electron chi connectivity index (χ3n) is 2.51. The Morgan fingerprint density at radius 1 is 1.50 bits per heavy atom. The van der Waals surface area contributed by atoms with Crippen LogP contribution in [0.15, 0.2) is 16.6 Å². The van der Waals surface area contributed by atoms with E-state index in [-0.39, 0.29) is 5.82 Å². The highest BCUT2D eigenvalue weighted by Crippen LogP contribution is 2.29. The van der Waals surface area contributed by atoms with E-state index in [1.165, 1.54) is 11.6 Å². The van der Waals surface area contributed by atoms with Crippen LogP contribution < -0.4 is 5.73 Å². The summed E-state index contributed by atoms with van der Waals surface area (Å²) < 4.78 is 13.7. The highest BCUT2D eigenvalue weighted by Gasteiger charge is 2.12.